The van der Waals surface area contributed by atoms with Crippen LogP contribution < -0.4 is 24.8 Å². The molecule has 2 aliphatic rings. The summed E-state index contributed by atoms with van der Waals surface area (Å²) in [6, 6.07) is 27.5. The fourth-order valence-corrected chi connectivity index (χ4v) is 10.9. The summed E-state index contributed by atoms with van der Waals surface area (Å²) < 4.78 is 1.24. The van der Waals surface area contributed by atoms with E-state index in [-0.39, 0.29) is 24.8 Å². The molecule has 196 valence electrons. The maximum atomic E-state index is 2.50. The Labute approximate surface area is 258 Å². The molecule has 2 aliphatic carbocycles. The van der Waals surface area contributed by atoms with Gasteiger partial charge in [-0.3, -0.25) is 0 Å². The van der Waals surface area contributed by atoms with E-state index >= 15 is 0 Å². The van der Waals surface area contributed by atoms with Crippen LogP contribution >= 0.6 is 0 Å². The second-order valence-electron chi connectivity index (χ2n) is 10.9. The summed E-state index contributed by atoms with van der Waals surface area (Å²) >= 11 is -0.877. The molecule has 2 atom stereocenters. The van der Waals surface area contributed by atoms with E-state index in [1.165, 1.54) is 55.6 Å². The fourth-order valence-electron chi connectivity index (χ4n) is 6.27. The van der Waals surface area contributed by atoms with Gasteiger partial charge in [0.15, 0.2) is 0 Å². The van der Waals surface area contributed by atoms with Crippen molar-refractivity contribution in [3.8, 4) is 22.3 Å². The average molecular weight is 629 g/mol. The van der Waals surface area contributed by atoms with Crippen molar-refractivity contribution in [2.45, 2.75) is 48.8 Å². The SMILES string of the molecule is CC1=Cc2c(-c3cccc(C)c3C)cccc2[CH]1[Zr+2][CH]1C(C)=Cc2c(-c3cccc(C)c3C)cccc21.[Cl-].[Cl-]. The topological polar surface area (TPSA) is 0 Å². The summed E-state index contributed by atoms with van der Waals surface area (Å²) in [4.78, 5) is 0. The van der Waals surface area contributed by atoms with Crippen LogP contribution in [0.15, 0.2) is 83.9 Å². The normalized spacial score (nSPS) is 16.8. The standard InChI is InChI=1S/2C18H17.2ClH.Zr/c2*1-12-10-15-7-5-9-17(18(15)11-12)16-8-4-6-13(2)14(16)3;;;/h2*4-11H,1-3H3;2*1H;/q;;;;+2/p-2. The van der Waals surface area contributed by atoms with E-state index in [0.29, 0.717) is 7.25 Å². The van der Waals surface area contributed by atoms with E-state index in [9.17, 15) is 0 Å². The Balaban J connectivity index is 0.00000176. The van der Waals surface area contributed by atoms with Gasteiger partial charge in [-0.2, -0.15) is 0 Å². The second-order valence-corrected chi connectivity index (χ2v) is 14.6. The van der Waals surface area contributed by atoms with Gasteiger partial charge in [0.25, 0.3) is 0 Å². The first kappa shape index (κ1) is 29.8. The van der Waals surface area contributed by atoms with Crippen molar-refractivity contribution in [2.75, 3.05) is 0 Å². The largest absolute Gasteiger partial charge is 1.00 e. The van der Waals surface area contributed by atoms with Crippen LogP contribution in [0.1, 0.15) is 65.6 Å². The van der Waals surface area contributed by atoms with Crippen LogP contribution in [0.2, 0.25) is 0 Å². The predicted octanol–water partition coefficient (Wildman–Crippen LogP) is 3.96. The van der Waals surface area contributed by atoms with Crippen molar-refractivity contribution in [3.63, 3.8) is 0 Å². The van der Waals surface area contributed by atoms with Gasteiger partial charge in [0.1, 0.15) is 0 Å². The van der Waals surface area contributed by atoms with Crippen LogP contribution in [0.25, 0.3) is 34.4 Å². The fraction of sp³-hybridized carbons (Fsp3) is 0.222. The molecule has 4 aromatic rings. The van der Waals surface area contributed by atoms with Gasteiger partial charge in [0, 0.05) is 0 Å². The first-order valence-corrected chi connectivity index (χ1v) is 16.2. The molecule has 0 radical (unpaired) electrons. The van der Waals surface area contributed by atoms with Crippen molar-refractivity contribution >= 4 is 12.2 Å². The van der Waals surface area contributed by atoms with Gasteiger partial charge in [-0.25, -0.2) is 0 Å². The number of rotatable bonds is 4. The molecule has 0 saturated heterocycles. The van der Waals surface area contributed by atoms with Gasteiger partial charge in [0.2, 0.25) is 0 Å². The maximum absolute atomic E-state index is 2.50. The number of allylic oxidation sites excluding steroid dienone is 2. The van der Waals surface area contributed by atoms with Gasteiger partial charge in [-0.05, 0) is 0 Å². The molecular weight excluding hydrogens is 595 g/mol. The molecule has 3 heteroatoms. The molecule has 0 heterocycles. The zero-order valence-electron chi connectivity index (χ0n) is 23.5. The Bertz CT molecular complexity index is 1500. The molecule has 0 bridgehead atoms. The molecule has 2 unspecified atom stereocenters. The predicted molar refractivity (Wildman–Crippen MR) is 155 cm³/mol. The smallest absolute Gasteiger partial charge is 1.00 e. The molecule has 4 aromatic carbocycles. The van der Waals surface area contributed by atoms with E-state index in [1.54, 1.807) is 22.3 Å². The van der Waals surface area contributed by atoms with Crippen LogP contribution in [0, 0.1) is 27.7 Å². The van der Waals surface area contributed by atoms with E-state index in [1.807, 2.05) is 0 Å². The number of aryl methyl sites for hydroxylation is 2. The summed E-state index contributed by atoms with van der Waals surface area (Å²) in [7, 11) is 0. The summed E-state index contributed by atoms with van der Waals surface area (Å²) in [6.07, 6.45) is 5.00. The number of hydrogen-bond acceptors (Lipinski definition) is 0. The molecule has 0 fully saturated rings. The first-order valence-electron chi connectivity index (χ1n) is 13.4. The van der Waals surface area contributed by atoms with E-state index < -0.39 is 23.2 Å². The Morgan fingerprint density at radius 3 is 1.23 bits per heavy atom. The Kier molecular flexibility index (Phi) is 8.97. The quantitative estimate of drug-likeness (QED) is 0.321. The molecule has 0 N–H and O–H groups in total. The number of fused-ring (bicyclic) bond motifs is 2. The van der Waals surface area contributed by atoms with Crippen molar-refractivity contribution in [1.82, 2.24) is 0 Å². The van der Waals surface area contributed by atoms with Crippen molar-refractivity contribution < 1.29 is 48.0 Å². The third-order valence-electron chi connectivity index (χ3n) is 8.68. The zero-order chi connectivity index (χ0) is 25.8. The molecular formula is C36H34Cl2Zr. The van der Waals surface area contributed by atoms with E-state index in [0.717, 1.165) is 0 Å². The molecule has 0 aliphatic heterocycles. The van der Waals surface area contributed by atoms with Crippen LogP contribution in [0.5, 0.6) is 0 Å². The van der Waals surface area contributed by atoms with Gasteiger partial charge in [-0.15, -0.1) is 0 Å². The summed E-state index contributed by atoms with van der Waals surface area (Å²) in [5, 5.41) is 0. The minimum absolute atomic E-state index is 0. The van der Waals surface area contributed by atoms with E-state index in [2.05, 4.69) is 126 Å². The molecule has 0 aromatic heterocycles. The van der Waals surface area contributed by atoms with Gasteiger partial charge < -0.3 is 24.8 Å². The van der Waals surface area contributed by atoms with Crippen molar-refractivity contribution in [3.05, 3.63) is 128 Å². The Morgan fingerprint density at radius 1 is 0.462 bits per heavy atom. The van der Waals surface area contributed by atoms with Crippen LogP contribution in [0.3, 0.4) is 0 Å². The third-order valence-corrected chi connectivity index (χ3v) is 14.1. The third kappa shape index (κ3) is 5.08. The van der Waals surface area contributed by atoms with E-state index in [4.69, 9.17) is 0 Å². The molecule has 0 spiro atoms. The van der Waals surface area contributed by atoms with Crippen molar-refractivity contribution in [1.29, 1.82) is 0 Å². The van der Waals surface area contributed by atoms with Gasteiger partial charge in [0.05, 0.1) is 0 Å². The molecule has 0 amide bonds. The van der Waals surface area contributed by atoms with Crippen LogP contribution in [-0.2, 0) is 23.2 Å². The summed E-state index contributed by atoms with van der Waals surface area (Å²) in [5.41, 5.74) is 20.3. The minimum atomic E-state index is -0.877. The average Bonchev–Trinajstić information content (AvgIpc) is 3.38. The van der Waals surface area contributed by atoms with Crippen LogP contribution in [-0.4, -0.2) is 0 Å². The van der Waals surface area contributed by atoms with Gasteiger partial charge >= 0.3 is 235 Å². The number of hydrogen-bond donors (Lipinski definition) is 0. The molecule has 0 nitrogen and oxygen atoms in total. The Hall–Kier alpha value is -2.18. The van der Waals surface area contributed by atoms with Crippen molar-refractivity contribution in [2.24, 2.45) is 0 Å². The minimum Gasteiger partial charge on any atom is -1.00 e. The number of benzene rings is 4. The Morgan fingerprint density at radius 2 is 0.821 bits per heavy atom. The first-order chi connectivity index (χ1) is 17.8. The van der Waals surface area contributed by atoms with Gasteiger partial charge in [-0.1, -0.05) is 0 Å². The molecule has 0 saturated carbocycles. The zero-order valence-corrected chi connectivity index (χ0v) is 27.5. The second kappa shape index (κ2) is 11.7. The monoisotopic (exact) mass is 626 g/mol. The summed E-state index contributed by atoms with van der Waals surface area (Å²) in [6.45, 7) is 13.7. The molecule has 39 heavy (non-hydrogen) atoms. The number of halogens is 2. The molecule has 6 rings (SSSR count). The maximum Gasteiger partial charge on any atom is -1.00 e. The summed E-state index contributed by atoms with van der Waals surface area (Å²) in [5.74, 6) is 0. The van der Waals surface area contributed by atoms with Crippen LogP contribution in [0.4, 0.5) is 0 Å².